The number of carbonyl (C=O) groups excluding carboxylic acids is 2. The number of nitrogens with zero attached hydrogens (tertiary/aromatic N) is 3. The number of carbonyl (C=O) groups is 2. The van der Waals surface area contributed by atoms with Gasteiger partial charge in [0.2, 0.25) is 5.91 Å². The fraction of sp³-hybridized carbons (Fsp3) is 0.462. The number of amides is 1. The Balaban J connectivity index is 1.42. The molecule has 0 unspecified atom stereocenters. The van der Waals surface area contributed by atoms with Crippen molar-refractivity contribution in [1.29, 1.82) is 0 Å². The first-order valence-electron chi connectivity index (χ1n) is 12.3. The smallest absolute Gasteiger partial charge is 0.341 e. The molecule has 1 aliphatic rings. The molecule has 0 aliphatic heterocycles. The molecule has 1 aliphatic carbocycles. The van der Waals surface area contributed by atoms with E-state index in [4.69, 9.17) is 9.47 Å². The fourth-order valence-corrected chi connectivity index (χ4v) is 6.43. The van der Waals surface area contributed by atoms with E-state index in [1.807, 2.05) is 49.6 Å². The van der Waals surface area contributed by atoms with Crippen molar-refractivity contribution in [3.05, 3.63) is 40.3 Å². The number of rotatable bonds is 10. The highest BCUT2D eigenvalue weighted by atomic mass is 32.2. The lowest BCUT2D eigenvalue weighted by Gasteiger charge is -2.13. The lowest BCUT2D eigenvalue weighted by atomic mass is 10.1. The Bertz CT molecular complexity index is 1210. The lowest BCUT2D eigenvalue weighted by Crippen LogP contribution is -2.16. The number of aromatic nitrogens is 3. The first-order chi connectivity index (χ1) is 17.4. The topological polar surface area (TPSA) is 95.3 Å². The van der Waals surface area contributed by atoms with Gasteiger partial charge in [0, 0.05) is 17.0 Å². The highest BCUT2D eigenvalue weighted by Crippen LogP contribution is 2.34. The van der Waals surface area contributed by atoms with Crippen molar-refractivity contribution in [3.8, 4) is 17.1 Å². The van der Waals surface area contributed by atoms with Gasteiger partial charge in [-0.2, -0.15) is 0 Å². The molecule has 2 heterocycles. The first kappa shape index (κ1) is 26.2. The molecule has 0 radical (unpaired) electrons. The van der Waals surface area contributed by atoms with E-state index >= 15 is 0 Å². The highest BCUT2D eigenvalue weighted by Gasteiger charge is 2.23. The molecule has 2 aromatic heterocycles. The Labute approximate surface area is 219 Å². The molecule has 8 nitrogen and oxygen atoms in total. The molecule has 1 aromatic carbocycles. The zero-order chi connectivity index (χ0) is 25.7. The SMILES string of the molecule is CCc1c(C)sc(NC(=O)CSc2nnc(-c3ccc(OC4CCCC4)cc3)n2CC)c1C(=O)OC. The van der Waals surface area contributed by atoms with E-state index in [0.717, 1.165) is 40.4 Å². The van der Waals surface area contributed by atoms with Gasteiger partial charge >= 0.3 is 5.97 Å². The van der Waals surface area contributed by atoms with Crippen LogP contribution in [0.15, 0.2) is 29.4 Å². The van der Waals surface area contributed by atoms with Crippen molar-refractivity contribution in [3.63, 3.8) is 0 Å². The molecule has 192 valence electrons. The third-order valence-electron chi connectivity index (χ3n) is 6.29. The standard InChI is InChI=1S/C26H32N4O4S2/c1-5-20-16(3)36-24(22(20)25(32)33-4)27-21(31)15-35-26-29-28-23(30(26)6-2)17-11-13-19(14-12-17)34-18-9-7-8-10-18/h11-14,18H,5-10,15H2,1-4H3,(H,27,31). The Morgan fingerprint density at radius 2 is 1.89 bits per heavy atom. The number of hydrogen-bond acceptors (Lipinski definition) is 8. The predicted molar refractivity (Wildman–Crippen MR) is 143 cm³/mol. The summed E-state index contributed by atoms with van der Waals surface area (Å²) in [6, 6.07) is 7.96. The largest absolute Gasteiger partial charge is 0.490 e. The van der Waals surface area contributed by atoms with Crippen LogP contribution in [0.5, 0.6) is 5.75 Å². The minimum Gasteiger partial charge on any atom is -0.490 e. The van der Waals surface area contributed by atoms with E-state index in [9.17, 15) is 9.59 Å². The lowest BCUT2D eigenvalue weighted by molar-refractivity contribution is -0.113. The summed E-state index contributed by atoms with van der Waals surface area (Å²) in [5.74, 6) is 1.12. The van der Waals surface area contributed by atoms with Crippen LogP contribution < -0.4 is 10.1 Å². The maximum Gasteiger partial charge on any atom is 0.341 e. The van der Waals surface area contributed by atoms with Crippen LogP contribution in [-0.4, -0.2) is 45.6 Å². The number of thioether (sulfide) groups is 1. The predicted octanol–water partition coefficient (Wildman–Crippen LogP) is 5.74. The zero-order valence-electron chi connectivity index (χ0n) is 21.1. The maximum absolute atomic E-state index is 12.8. The summed E-state index contributed by atoms with van der Waals surface area (Å²) in [5, 5.41) is 12.8. The summed E-state index contributed by atoms with van der Waals surface area (Å²) in [4.78, 5) is 26.1. The molecular formula is C26H32N4O4S2. The van der Waals surface area contributed by atoms with Crippen molar-refractivity contribution < 1.29 is 19.1 Å². The van der Waals surface area contributed by atoms with Crippen LogP contribution in [0.3, 0.4) is 0 Å². The molecular weight excluding hydrogens is 496 g/mol. The van der Waals surface area contributed by atoms with Crippen LogP contribution in [0, 0.1) is 6.92 Å². The molecule has 1 amide bonds. The summed E-state index contributed by atoms with van der Waals surface area (Å²) >= 11 is 2.71. The average molecular weight is 529 g/mol. The Hall–Kier alpha value is -2.85. The normalized spacial score (nSPS) is 13.7. The average Bonchev–Trinajstić information content (AvgIpc) is 3.61. The second-order valence-corrected chi connectivity index (χ2v) is 10.8. The van der Waals surface area contributed by atoms with Gasteiger partial charge in [-0.3, -0.25) is 4.79 Å². The number of ether oxygens (including phenoxy) is 2. The summed E-state index contributed by atoms with van der Waals surface area (Å²) in [5.41, 5.74) is 2.30. The van der Waals surface area contributed by atoms with Gasteiger partial charge in [-0.05, 0) is 75.8 Å². The van der Waals surface area contributed by atoms with E-state index in [-0.39, 0.29) is 11.7 Å². The van der Waals surface area contributed by atoms with Crippen LogP contribution in [0.25, 0.3) is 11.4 Å². The molecule has 1 N–H and O–H groups in total. The second kappa shape index (κ2) is 11.9. The molecule has 4 rings (SSSR count). The quantitative estimate of drug-likeness (QED) is 0.265. The maximum atomic E-state index is 12.8. The van der Waals surface area contributed by atoms with Crippen LogP contribution in [-0.2, 0) is 22.5 Å². The number of thiophene rings is 1. The second-order valence-electron chi connectivity index (χ2n) is 8.62. The summed E-state index contributed by atoms with van der Waals surface area (Å²) in [7, 11) is 1.35. The molecule has 0 spiro atoms. The molecule has 36 heavy (non-hydrogen) atoms. The Morgan fingerprint density at radius 1 is 1.17 bits per heavy atom. The van der Waals surface area contributed by atoms with E-state index in [1.54, 1.807) is 0 Å². The van der Waals surface area contributed by atoms with Gasteiger partial charge in [0.05, 0.1) is 24.5 Å². The molecule has 1 saturated carbocycles. The first-order valence-corrected chi connectivity index (χ1v) is 14.1. The number of esters is 1. The number of benzene rings is 1. The van der Waals surface area contributed by atoms with Crippen molar-refractivity contribution in [2.45, 2.75) is 70.7 Å². The minimum absolute atomic E-state index is 0.144. The van der Waals surface area contributed by atoms with Crippen LogP contribution in [0.1, 0.15) is 60.3 Å². The van der Waals surface area contributed by atoms with Crippen LogP contribution in [0.4, 0.5) is 5.00 Å². The number of methoxy groups -OCH3 is 1. The summed E-state index contributed by atoms with van der Waals surface area (Å²) < 4.78 is 13.0. The zero-order valence-corrected chi connectivity index (χ0v) is 22.8. The molecule has 3 aromatic rings. The highest BCUT2D eigenvalue weighted by molar-refractivity contribution is 7.99. The van der Waals surface area contributed by atoms with Gasteiger partial charge in [0.15, 0.2) is 11.0 Å². The summed E-state index contributed by atoms with van der Waals surface area (Å²) in [6.07, 6.45) is 5.72. The van der Waals surface area contributed by atoms with Gasteiger partial charge in [0.1, 0.15) is 10.8 Å². The van der Waals surface area contributed by atoms with E-state index in [1.165, 1.54) is 43.1 Å². The van der Waals surface area contributed by atoms with Crippen LogP contribution >= 0.6 is 23.1 Å². The molecule has 0 saturated heterocycles. The minimum atomic E-state index is -0.436. The van der Waals surface area contributed by atoms with E-state index in [0.29, 0.717) is 34.8 Å². The van der Waals surface area contributed by atoms with Crippen molar-refractivity contribution in [2.75, 3.05) is 18.2 Å². The number of aryl methyl sites for hydroxylation is 1. The van der Waals surface area contributed by atoms with Crippen molar-refractivity contribution in [2.24, 2.45) is 0 Å². The number of hydrogen-bond donors (Lipinski definition) is 1. The van der Waals surface area contributed by atoms with E-state index < -0.39 is 5.97 Å². The van der Waals surface area contributed by atoms with Gasteiger partial charge in [-0.25, -0.2) is 4.79 Å². The van der Waals surface area contributed by atoms with Gasteiger partial charge in [0.25, 0.3) is 0 Å². The van der Waals surface area contributed by atoms with Gasteiger partial charge in [-0.15, -0.1) is 21.5 Å². The molecule has 0 bridgehead atoms. The van der Waals surface area contributed by atoms with Gasteiger partial charge in [-0.1, -0.05) is 18.7 Å². The Kier molecular flexibility index (Phi) is 8.68. The Morgan fingerprint density at radius 3 is 2.53 bits per heavy atom. The van der Waals surface area contributed by atoms with Crippen molar-refractivity contribution in [1.82, 2.24) is 14.8 Å². The molecule has 1 fully saturated rings. The van der Waals surface area contributed by atoms with Crippen molar-refractivity contribution >= 4 is 40.0 Å². The van der Waals surface area contributed by atoms with Gasteiger partial charge < -0.3 is 19.4 Å². The molecule has 10 heteroatoms. The number of nitrogens with one attached hydrogen (secondary N) is 1. The van der Waals surface area contributed by atoms with Crippen LogP contribution in [0.2, 0.25) is 0 Å². The third kappa shape index (κ3) is 5.75. The summed E-state index contributed by atoms with van der Waals surface area (Å²) in [6.45, 7) is 6.62. The monoisotopic (exact) mass is 528 g/mol. The third-order valence-corrected chi connectivity index (χ3v) is 8.32. The fourth-order valence-electron chi connectivity index (χ4n) is 4.48. The number of anilines is 1. The molecule has 0 atom stereocenters. The van der Waals surface area contributed by atoms with E-state index in [2.05, 4.69) is 15.5 Å².